The normalized spacial score (nSPS) is 21.8. The van der Waals surface area contributed by atoms with Crippen molar-refractivity contribution in [1.29, 1.82) is 0 Å². The third kappa shape index (κ3) is 3.84. The lowest BCUT2D eigenvalue weighted by atomic mass is 9.78. The summed E-state index contributed by atoms with van der Waals surface area (Å²) in [7, 11) is 0. The quantitative estimate of drug-likeness (QED) is 0.628. The van der Waals surface area contributed by atoms with Crippen LogP contribution in [0.1, 0.15) is 40.7 Å². The van der Waals surface area contributed by atoms with E-state index in [9.17, 15) is 19.2 Å². The number of amides is 5. The third-order valence-corrected chi connectivity index (χ3v) is 6.30. The Kier molecular flexibility index (Phi) is 4.92. The van der Waals surface area contributed by atoms with Gasteiger partial charge in [-0.3, -0.25) is 19.3 Å². The number of rotatable bonds is 5. The Morgan fingerprint density at radius 3 is 2.62 bits per heavy atom. The minimum atomic E-state index is -0.994. The number of urea groups is 1. The van der Waals surface area contributed by atoms with Crippen molar-refractivity contribution in [2.24, 2.45) is 0 Å². The van der Waals surface area contributed by atoms with Crippen LogP contribution in [0.4, 0.5) is 10.5 Å². The first kappa shape index (κ1) is 20.2. The molecule has 164 valence electrons. The van der Waals surface area contributed by atoms with Gasteiger partial charge in [-0.1, -0.05) is 30.3 Å². The number of aryl methyl sites for hydroxylation is 1. The molecular weight excluding hydrogens is 408 g/mol. The highest BCUT2D eigenvalue weighted by Gasteiger charge is 2.52. The van der Waals surface area contributed by atoms with Crippen LogP contribution in [0.3, 0.4) is 0 Å². The van der Waals surface area contributed by atoms with Crippen molar-refractivity contribution in [2.75, 3.05) is 11.9 Å². The molecule has 1 heterocycles. The van der Waals surface area contributed by atoms with Crippen LogP contribution in [-0.2, 0) is 22.4 Å². The highest BCUT2D eigenvalue weighted by atomic mass is 16.2. The van der Waals surface area contributed by atoms with Crippen molar-refractivity contribution < 1.29 is 19.2 Å². The summed E-state index contributed by atoms with van der Waals surface area (Å²) in [6, 6.07) is 14.2. The number of hydrogen-bond donors (Lipinski definition) is 3. The lowest BCUT2D eigenvalue weighted by Gasteiger charge is -2.32. The van der Waals surface area contributed by atoms with Crippen LogP contribution < -0.4 is 16.0 Å². The SMILES string of the molecule is O=C(CN1C(=O)NC2(CCc3ccccc3C2)C1=O)Nc1cccc(C(=O)NC2CC2)c1. The number of hydrogen-bond acceptors (Lipinski definition) is 4. The van der Waals surface area contributed by atoms with Gasteiger partial charge in [0.25, 0.3) is 11.8 Å². The molecule has 2 aromatic rings. The van der Waals surface area contributed by atoms with Crippen molar-refractivity contribution in [3.8, 4) is 0 Å². The van der Waals surface area contributed by atoms with Gasteiger partial charge in [0.2, 0.25) is 5.91 Å². The zero-order chi connectivity index (χ0) is 22.3. The molecule has 32 heavy (non-hydrogen) atoms. The van der Waals surface area contributed by atoms with Crippen LogP contribution in [0, 0.1) is 0 Å². The Morgan fingerprint density at radius 1 is 1.06 bits per heavy atom. The molecule has 8 nitrogen and oxygen atoms in total. The molecule has 0 bridgehead atoms. The molecule has 2 aromatic carbocycles. The second-order valence-corrected chi connectivity index (χ2v) is 8.73. The molecule has 1 spiro atoms. The Bertz CT molecular complexity index is 1130. The fourth-order valence-corrected chi connectivity index (χ4v) is 4.42. The average molecular weight is 432 g/mol. The molecule has 3 N–H and O–H groups in total. The van der Waals surface area contributed by atoms with Gasteiger partial charge in [-0.15, -0.1) is 0 Å². The van der Waals surface area contributed by atoms with E-state index in [-0.39, 0.29) is 24.4 Å². The van der Waals surface area contributed by atoms with Crippen molar-refractivity contribution >= 4 is 29.4 Å². The molecule has 1 unspecified atom stereocenters. The average Bonchev–Trinajstić information content (AvgIpc) is 3.57. The smallest absolute Gasteiger partial charge is 0.325 e. The summed E-state index contributed by atoms with van der Waals surface area (Å²) in [4.78, 5) is 51.5. The lowest BCUT2D eigenvalue weighted by molar-refractivity contribution is -0.134. The van der Waals surface area contributed by atoms with Gasteiger partial charge in [0, 0.05) is 23.7 Å². The summed E-state index contributed by atoms with van der Waals surface area (Å²) in [6.07, 6.45) is 3.59. The Morgan fingerprint density at radius 2 is 1.84 bits per heavy atom. The Balaban J connectivity index is 1.25. The topological polar surface area (TPSA) is 108 Å². The number of carbonyl (C=O) groups is 4. The van der Waals surface area contributed by atoms with Gasteiger partial charge >= 0.3 is 6.03 Å². The van der Waals surface area contributed by atoms with Crippen molar-refractivity contribution in [3.05, 3.63) is 65.2 Å². The van der Waals surface area contributed by atoms with Gasteiger partial charge in [0.1, 0.15) is 12.1 Å². The van der Waals surface area contributed by atoms with E-state index in [1.807, 2.05) is 24.3 Å². The van der Waals surface area contributed by atoms with Gasteiger partial charge < -0.3 is 16.0 Å². The van der Waals surface area contributed by atoms with Crippen LogP contribution >= 0.6 is 0 Å². The van der Waals surface area contributed by atoms with E-state index in [0.29, 0.717) is 30.5 Å². The maximum absolute atomic E-state index is 13.2. The summed E-state index contributed by atoms with van der Waals surface area (Å²) in [5.74, 6) is -1.05. The molecule has 1 saturated heterocycles. The molecule has 2 fully saturated rings. The summed E-state index contributed by atoms with van der Waals surface area (Å²) in [5, 5.41) is 8.42. The molecule has 1 aliphatic heterocycles. The van der Waals surface area contributed by atoms with Gasteiger partial charge in [0.05, 0.1) is 0 Å². The predicted octanol–water partition coefficient (Wildman–Crippen LogP) is 2.00. The zero-order valence-corrected chi connectivity index (χ0v) is 17.5. The van der Waals surface area contributed by atoms with Crippen LogP contribution in [0.25, 0.3) is 0 Å². The van der Waals surface area contributed by atoms with Crippen molar-refractivity contribution in [1.82, 2.24) is 15.5 Å². The Hall–Kier alpha value is -3.68. The number of benzene rings is 2. The van der Waals surface area contributed by atoms with Gasteiger partial charge in [-0.2, -0.15) is 0 Å². The van der Waals surface area contributed by atoms with E-state index >= 15 is 0 Å². The standard InChI is InChI=1S/C24H24N4O4/c29-20(25-19-7-3-6-16(12-19)21(30)26-18-8-9-18)14-28-22(31)24(27-23(28)32)11-10-15-4-1-2-5-17(15)13-24/h1-7,12,18H,8-11,13-14H2,(H,25,29)(H,26,30)(H,27,32). The zero-order valence-electron chi connectivity index (χ0n) is 17.5. The van der Waals surface area contributed by atoms with Crippen molar-refractivity contribution in [3.63, 3.8) is 0 Å². The maximum Gasteiger partial charge on any atom is 0.325 e. The number of carbonyl (C=O) groups excluding carboxylic acids is 4. The summed E-state index contributed by atoms with van der Waals surface area (Å²) < 4.78 is 0. The molecule has 1 saturated carbocycles. The van der Waals surface area contributed by atoms with Crippen LogP contribution in [0.2, 0.25) is 0 Å². The first-order valence-electron chi connectivity index (χ1n) is 10.9. The molecule has 5 amide bonds. The lowest BCUT2D eigenvalue weighted by Crippen LogP contribution is -2.51. The first-order chi connectivity index (χ1) is 15.4. The summed E-state index contributed by atoms with van der Waals surface area (Å²) in [5.41, 5.74) is 2.12. The first-order valence-corrected chi connectivity index (χ1v) is 10.9. The van der Waals surface area contributed by atoms with Crippen LogP contribution in [0.15, 0.2) is 48.5 Å². The molecule has 5 rings (SSSR count). The highest BCUT2D eigenvalue weighted by Crippen LogP contribution is 2.33. The predicted molar refractivity (Wildman–Crippen MR) is 117 cm³/mol. The van der Waals surface area contributed by atoms with Crippen LogP contribution in [0.5, 0.6) is 0 Å². The second-order valence-electron chi connectivity index (χ2n) is 8.73. The van der Waals surface area contributed by atoms with E-state index in [0.717, 1.165) is 23.3 Å². The molecule has 0 radical (unpaired) electrons. The molecule has 8 heteroatoms. The number of anilines is 1. The van der Waals surface area contributed by atoms with Crippen molar-refractivity contribution in [2.45, 2.75) is 43.7 Å². The van der Waals surface area contributed by atoms with E-state index in [1.165, 1.54) is 5.56 Å². The maximum atomic E-state index is 13.2. The number of nitrogens with zero attached hydrogens (tertiary/aromatic N) is 1. The summed E-state index contributed by atoms with van der Waals surface area (Å²) in [6.45, 7) is -0.382. The fraction of sp³-hybridized carbons (Fsp3) is 0.333. The minimum absolute atomic E-state index is 0.183. The highest BCUT2D eigenvalue weighted by molar-refractivity contribution is 6.10. The molecule has 0 aromatic heterocycles. The number of fused-ring (bicyclic) bond motifs is 1. The number of imide groups is 1. The van der Waals surface area contributed by atoms with Gasteiger partial charge in [0.15, 0.2) is 0 Å². The van der Waals surface area contributed by atoms with E-state index in [4.69, 9.17) is 0 Å². The molecule has 2 aliphatic carbocycles. The number of nitrogens with one attached hydrogen (secondary N) is 3. The van der Waals surface area contributed by atoms with E-state index in [2.05, 4.69) is 16.0 Å². The Labute approximate surface area is 185 Å². The van der Waals surface area contributed by atoms with Crippen LogP contribution in [-0.4, -0.2) is 46.8 Å². The van der Waals surface area contributed by atoms with Gasteiger partial charge in [-0.25, -0.2) is 4.79 Å². The largest absolute Gasteiger partial charge is 0.349 e. The monoisotopic (exact) mass is 432 g/mol. The minimum Gasteiger partial charge on any atom is -0.349 e. The molecule has 1 atom stereocenters. The second kappa shape index (κ2) is 7.78. The molecular formula is C24H24N4O4. The third-order valence-electron chi connectivity index (χ3n) is 6.30. The summed E-state index contributed by atoms with van der Waals surface area (Å²) >= 11 is 0. The fourth-order valence-electron chi connectivity index (χ4n) is 4.42. The molecule has 3 aliphatic rings. The van der Waals surface area contributed by atoms with Gasteiger partial charge in [-0.05, 0) is 55.0 Å². The van der Waals surface area contributed by atoms with E-state index < -0.39 is 17.5 Å². The van der Waals surface area contributed by atoms with E-state index in [1.54, 1.807) is 24.3 Å².